The Morgan fingerprint density at radius 1 is 1.00 bits per heavy atom. The van der Waals surface area contributed by atoms with E-state index in [0.29, 0.717) is 17.9 Å². The number of ketones is 1. The number of allylic oxidation sites excluding steroid dienone is 1. The molecule has 0 amide bonds. The van der Waals surface area contributed by atoms with Gasteiger partial charge in [-0.25, -0.2) is 4.79 Å². The second-order valence-corrected chi connectivity index (χ2v) is 10.6. The summed E-state index contributed by atoms with van der Waals surface area (Å²) in [4.78, 5) is 24.1. The van der Waals surface area contributed by atoms with Crippen LogP contribution in [0.3, 0.4) is 0 Å². The Hall–Kier alpha value is -2.96. The molecule has 0 aromatic heterocycles. The highest BCUT2D eigenvalue weighted by atomic mass is 16.8. The van der Waals surface area contributed by atoms with Crippen molar-refractivity contribution >= 4 is 17.8 Å². The molecule has 6 nitrogen and oxygen atoms in total. The summed E-state index contributed by atoms with van der Waals surface area (Å²) in [5.74, 6) is 1.89. The lowest BCUT2D eigenvalue weighted by molar-refractivity contribution is -0.231. The third kappa shape index (κ3) is 4.97. The molecule has 190 valence electrons. The van der Waals surface area contributed by atoms with Crippen LogP contribution in [0.4, 0.5) is 0 Å². The van der Waals surface area contributed by atoms with Gasteiger partial charge in [0.05, 0.1) is 12.2 Å². The number of ether oxygens (including phenoxy) is 3. The summed E-state index contributed by atoms with van der Waals surface area (Å²) >= 11 is 0. The van der Waals surface area contributed by atoms with E-state index in [9.17, 15) is 9.59 Å². The zero-order valence-corrected chi connectivity index (χ0v) is 20.9. The summed E-state index contributed by atoms with van der Waals surface area (Å²) in [5.41, 5.74) is 2.77. The first kappa shape index (κ1) is 24.7. The standard InChI is InChI=1S/C30H34O6/c1-3-35-29(34-2)36-27-15-24(26(31)11-6-19-4-7-23(8-5-19)28(32)33)9-10-25(27)30-16-20-12-21(17-30)14-22(13-20)18-30/h4-11,15,20-22,29H,3,12-14,16-18H2,1-2H3,(H,32,33). The molecule has 1 N–H and O–H groups in total. The van der Waals surface area contributed by atoms with Crippen LogP contribution in [0.5, 0.6) is 5.75 Å². The maximum Gasteiger partial charge on any atom is 0.335 e. The van der Waals surface area contributed by atoms with Gasteiger partial charge in [-0.2, -0.15) is 0 Å². The lowest BCUT2D eigenvalue weighted by Crippen LogP contribution is -2.48. The number of benzene rings is 2. The van der Waals surface area contributed by atoms with Gasteiger partial charge in [0.25, 0.3) is 0 Å². The molecule has 4 aliphatic rings. The average Bonchev–Trinajstić information content (AvgIpc) is 2.86. The lowest BCUT2D eigenvalue weighted by Gasteiger charge is -2.57. The Morgan fingerprint density at radius 3 is 2.17 bits per heavy atom. The second kappa shape index (κ2) is 10.2. The first-order chi connectivity index (χ1) is 17.4. The number of carboxylic acids is 1. The van der Waals surface area contributed by atoms with Crippen LogP contribution in [0.2, 0.25) is 0 Å². The number of aromatic carboxylic acids is 1. The molecule has 0 radical (unpaired) electrons. The fourth-order valence-corrected chi connectivity index (χ4v) is 7.05. The van der Waals surface area contributed by atoms with Crippen LogP contribution in [0.25, 0.3) is 6.08 Å². The monoisotopic (exact) mass is 490 g/mol. The summed E-state index contributed by atoms with van der Waals surface area (Å²) in [6, 6.07) is 12.2. The van der Waals surface area contributed by atoms with E-state index >= 15 is 0 Å². The van der Waals surface area contributed by atoms with E-state index in [4.69, 9.17) is 19.3 Å². The predicted octanol–water partition coefficient (Wildman–Crippen LogP) is 6.09. The summed E-state index contributed by atoms with van der Waals surface area (Å²) in [6.45, 7) is 1.51. The summed E-state index contributed by atoms with van der Waals surface area (Å²) in [5, 5.41) is 9.07. The normalized spacial score (nSPS) is 27.3. The van der Waals surface area contributed by atoms with Gasteiger partial charge >= 0.3 is 12.4 Å². The largest absolute Gasteiger partial charge is 0.478 e. The Kier molecular flexibility index (Phi) is 7.00. The lowest BCUT2D eigenvalue weighted by atomic mass is 9.48. The van der Waals surface area contributed by atoms with E-state index in [1.807, 2.05) is 19.1 Å². The fourth-order valence-electron chi connectivity index (χ4n) is 7.05. The van der Waals surface area contributed by atoms with Crippen molar-refractivity contribution in [2.45, 2.75) is 57.3 Å². The molecule has 2 aromatic rings. The number of methoxy groups -OCH3 is 1. The van der Waals surface area contributed by atoms with Crippen LogP contribution < -0.4 is 4.74 Å². The van der Waals surface area contributed by atoms with E-state index in [2.05, 4.69) is 6.07 Å². The maximum atomic E-state index is 13.1. The van der Waals surface area contributed by atoms with Crippen molar-refractivity contribution < 1.29 is 28.9 Å². The Labute approximate surface area is 212 Å². The molecule has 36 heavy (non-hydrogen) atoms. The fraction of sp³-hybridized carbons (Fsp3) is 0.467. The molecule has 0 aliphatic heterocycles. The maximum absolute atomic E-state index is 13.1. The number of hydrogen-bond donors (Lipinski definition) is 1. The first-order valence-corrected chi connectivity index (χ1v) is 12.9. The number of carbonyl (C=O) groups is 2. The van der Waals surface area contributed by atoms with Crippen molar-refractivity contribution in [1.82, 2.24) is 0 Å². The number of carbonyl (C=O) groups excluding carboxylic acids is 1. The van der Waals surface area contributed by atoms with Gasteiger partial charge in [0.1, 0.15) is 5.75 Å². The van der Waals surface area contributed by atoms with Crippen molar-refractivity contribution in [3.05, 3.63) is 70.8 Å². The van der Waals surface area contributed by atoms with Crippen molar-refractivity contribution in [3.63, 3.8) is 0 Å². The Morgan fingerprint density at radius 2 is 1.61 bits per heavy atom. The predicted molar refractivity (Wildman–Crippen MR) is 136 cm³/mol. The van der Waals surface area contributed by atoms with Gasteiger partial charge in [-0.1, -0.05) is 30.3 Å². The molecule has 2 aromatic carbocycles. The third-order valence-corrected chi connectivity index (χ3v) is 8.18. The van der Waals surface area contributed by atoms with Crippen molar-refractivity contribution in [1.29, 1.82) is 0 Å². The number of rotatable bonds is 10. The van der Waals surface area contributed by atoms with E-state index < -0.39 is 12.4 Å². The van der Waals surface area contributed by atoms with Gasteiger partial charge in [0.15, 0.2) is 5.78 Å². The average molecular weight is 491 g/mol. The van der Waals surface area contributed by atoms with E-state index in [-0.39, 0.29) is 16.8 Å². The SMILES string of the molecule is CCOC(OC)Oc1cc(C(=O)C=Cc2ccc(C(=O)O)cc2)ccc1C12CC3CC(CC(C3)C1)C2. The third-order valence-electron chi connectivity index (χ3n) is 8.18. The molecule has 1 unspecified atom stereocenters. The molecule has 6 heteroatoms. The quantitative estimate of drug-likeness (QED) is 0.246. The summed E-state index contributed by atoms with van der Waals surface area (Å²) in [7, 11) is 1.55. The highest BCUT2D eigenvalue weighted by Crippen LogP contribution is 2.62. The van der Waals surface area contributed by atoms with Crippen molar-refractivity contribution in [2.24, 2.45) is 17.8 Å². The summed E-state index contributed by atoms with van der Waals surface area (Å²) < 4.78 is 17.3. The Bertz CT molecular complexity index is 1110. The molecule has 0 heterocycles. The van der Waals surface area contributed by atoms with Crippen LogP contribution in [0.1, 0.15) is 77.3 Å². The van der Waals surface area contributed by atoms with Crippen LogP contribution >= 0.6 is 0 Å². The van der Waals surface area contributed by atoms with Gasteiger partial charge in [-0.3, -0.25) is 4.79 Å². The summed E-state index contributed by atoms with van der Waals surface area (Å²) in [6.07, 6.45) is 10.8. The minimum absolute atomic E-state index is 0.0951. The molecule has 0 spiro atoms. The van der Waals surface area contributed by atoms with Crippen molar-refractivity contribution in [3.8, 4) is 5.75 Å². The first-order valence-electron chi connectivity index (χ1n) is 12.9. The van der Waals surface area contributed by atoms with Crippen LogP contribution in [-0.4, -0.2) is 37.1 Å². The molecular formula is C30H34O6. The van der Waals surface area contributed by atoms with Gasteiger partial charge in [-0.15, -0.1) is 0 Å². The topological polar surface area (TPSA) is 82.1 Å². The second-order valence-electron chi connectivity index (χ2n) is 10.6. The van der Waals surface area contributed by atoms with Crippen LogP contribution in [-0.2, 0) is 14.9 Å². The molecule has 4 fully saturated rings. The van der Waals surface area contributed by atoms with Gasteiger partial charge in [0, 0.05) is 18.2 Å². The molecule has 6 rings (SSSR count). The Balaban J connectivity index is 1.43. The zero-order chi connectivity index (χ0) is 25.3. The number of hydrogen-bond acceptors (Lipinski definition) is 5. The van der Waals surface area contributed by atoms with Gasteiger partial charge < -0.3 is 19.3 Å². The highest BCUT2D eigenvalue weighted by Gasteiger charge is 2.52. The van der Waals surface area contributed by atoms with Crippen LogP contribution in [0, 0.1) is 17.8 Å². The highest BCUT2D eigenvalue weighted by molar-refractivity contribution is 6.07. The van der Waals surface area contributed by atoms with Crippen molar-refractivity contribution in [2.75, 3.05) is 13.7 Å². The van der Waals surface area contributed by atoms with Crippen LogP contribution in [0.15, 0.2) is 48.5 Å². The molecule has 4 bridgehead atoms. The minimum atomic E-state index is -0.977. The molecule has 4 saturated carbocycles. The van der Waals surface area contributed by atoms with Gasteiger partial charge in [-0.05, 0) is 98.5 Å². The van der Waals surface area contributed by atoms with E-state index in [1.54, 1.807) is 25.3 Å². The number of carboxylic acid groups (broad SMARTS) is 1. The zero-order valence-electron chi connectivity index (χ0n) is 20.9. The molecule has 1 atom stereocenters. The van der Waals surface area contributed by atoms with E-state index in [1.165, 1.54) is 62.3 Å². The molecule has 0 saturated heterocycles. The molecule has 4 aliphatic carbocycles. The minimum Gasteiger partial charge on any atom is -0.478 e. The van der Waals surface area contributed by atoms with E-state index in [0.717, 1.165) is 23.3 Å². The van der Waals surface area contributed by atoms with Gasteiger partial charge in [0.2, 0.25) is 0 Å². The molecular weight excluding hydrogens is 456 g/mol. The smallest absolute Gasteiger partial charge is 0.335 e.